The normalized spacial score (nSPS) is 28.4. The zero-order valence-electron chi connectivity index (χ0n) is 14.1. The average molecular weight is 371 g/mol. The molecule has 2 aromatic rings. The number of anilines is 1. The number of urea groups is 1. The van der Waals surface area contributed by atoms with Crippen molar-refractivity contribution in [3.05, 3.63) is 42.5 Å². The van der Waals surface area contributed by atoms with Crippen LogP contribution in [0, 0.1) is 0 Å². The molecular formula is C18H17N3O4S. The second-order valence-electron chi connectivity index (χ2n) is 7.10. The van der Waals surface area contributed by atoms with E-state index in [1.165, 1.54) is 9.21 Å². The Morgan fingerprint density at radius 2 is 1.77 bits per heavy atom. The Balaban J connectivity index is 1.60. The molecule has 0 aromatic heterocycles. The monoisotopic (exact) mass is 371 g/mol. The number of hydrogen-bond acceptors (Lipinski definition) is 4. The lowest BCUT2D eigenvalue weighted by Gasteiger charge is -2.33. The zero-order valence-corrected chi connectivity index (χ0v) is 14.9. The molecule has 3 saturated heterocycles. The second kappa shape index (κ2) is 5.05. The van der Waals surface area contributed by atoms with Crippen molar-refractivity contribution in [1.82, 2.24) is 9.21 Å². The van der Waals surface area contributed by atoms with Crippen molar-refractivity contribution in [1.29, 1.82) is 0 Å². The van der Waals surface area contributed by atoms with Gasteiger partial charge in [-0.2, -0.15) is 4.31 Å². The summed E-state index contributed by atoms with van der Waals surface area (Å²) in [5.41, 5.74) is 0.554. The van der Waals surface area contributed by atoms with Crippen LogP contribution in [0.1, 0.15) is 6.42 Å². The van der Waals surface area contributed by atoms with Crippen molar-refractivity contribution in [2.24, 2.45) is 0 Å². The third kappa shape index (κ3) is 1.94. The lowest BCUT2D eigenvalue weighted by molar-refractivity contribution is -0.120. The first kappa shape index (κ1) is 15.8. The molecule has 0 saturated carbocycles. The first-order chi connectivity index (χ1) is 12.4. The van der Waals surface area contributed by atoms with E-state index in [0.717, 1.165) is 17.0 Å². The first-order valence-corrected chi connectivity index (χ1v) is 10.3. The van der Waals surface area contributed by atoms with Crippen molar-refractivity contribution in [2.45, 2.75) is 24.5 Å². The smallest absolute Gasteiger partial charge is 0.306 e. The van der Waals surface area contributed by atoms with Gasteiger partial charge in [-0.25, -0.2) is 18.1 Å². The minimum atomic E-state index is -3.41. The maximum atomic E-state index is 13.1. The average Bonchev–Trinajstić information content (AvgIpc) is 3.26. The minimum Gasteiger partial charge on any atom is -0.306 e. The second-order valence-corrected chi connectivity index (χ2v) is 9.03. The Bertz CT molecular complexity index is 1060. The topological polar surface area (TPSA) is 78.0 Å². The van der Waals surface area contributed by atoms with Crippen LogP contribution in [0.5, 0.6) is 0 Å². The van der Waals surface area contributed by atoms with Crippen LogP contribution in [0.4, 0.5) is 10.5 Å². The van der Waals surface area contributed by atoms with Crippen molar-refractivity contribution < 1.29 is 18.0 Å². The Morgan fingerprint density at radius 1 is 1.04 bits per heavy atom. The highest BCUT2D eigenvalue weighted by atomic mass is 32.2. The molecule has 3 aliphatic rings. The standard InChI is InChI=1S/C18H17N3O4S/c1-26(24,25)19-10-12-9-15(19)16-17(22)21(18(23)20(12)16)14-8-4-6-11-5-2-3-7-13(11)14/h2-8,12,15-16H,9-10H2,1H3/t12-,15?,16-/m1/s1. The van der Waals surface area contributed by atoms with Crippen LogP contribution in [0.3, 0.4) is 0 Å². The Morgan fingerprint density at radius 3 is 2.54 bits per heavy atom. The van der Waals surface area contributed by atoms with Crippen LogP contribution in [0.2, 0.25) is 0 Å². The van der Waals surface area contributed by atoms with E-state index < -0.39 is 22.1 Å². The van der Waals surface area contributed by atoms with E-state index in [4.69, 9.17) is 0 Å². The van der Waals surface area contributed by atoms with Crippen LogP contribution >= 0.6 is 0 Å². The number of imide groups is 1. The van der Waals surface area contributed by atoms with Gasteiger partial charge in [0.1, 0.15) is 6.04 Å². The largest absolute Gasteiger partial charge is 0.332 e. The van der Waals surface area contributed by atoms with E-state index in [1.807, 2.05) is 36.4 Å². The SMILES string of the molecule is CS(=O)(=O)N1C[C@H]2CC1[C@@H]1C(=O)N(c3cccc4ccccc34)C(=O)N21. The number of rotatable bonds is 2. The molecule has 7 nitrogen and oxygen atoms in total. The highest BCUT2D eigenvalue weighted by molar-refractivity contribution is 7.88. The van der Waals surface area contributed by atoms with Crippen molar-refractivity contribution in [3.8, 4) is 0 Å². The molecule has 5 rings (SSSR count). The molecule has 3 amide bonds. The molecule has 3 fully saturated rings. The summed E-state index contributed by atoms with van der Waals surface area (Å²) in [7, 11) is -3.41. The molecule has 0 radical (unpaired) electrons. The van der Waals surface area contributed by atoms with Crippen LogP contribution in [0.15, 0.2) is 42.5 Å². The number of benzene rings is 2. The highest BCUT2D eigenvalue weighted by Crippen LogP contribution is 2.44. The number of carbonyl (C=O) groups is 2. The van der Waals surface area contributed by atoms with Crippen LogP contribution < -0.4 is 4.90 Å². The molecule has 8 heteroatoms. The summed E-state index contributed by atoms with van der Waals surface area (Å²) in [6.45, 7) is 0.266. The Hall–Kier alpha value is -2.45. The van der Waals surface area contributed by atoms with Crippen LogP contribution in [-0.4, -0.2) is 60.5 Å². The molecule has 134 valence electrons. The number of carbonyl (C=O) groups excluding carboxylic acids is 2. The third-order valence-corrected chi connectivity index (χ3v) is 6.92. The third-order valence-electron chi connectivity index (χ3n) is 5.65. The van der Waals surface area contributed by atoms with Crippen molar-refractivity contribution in [2.75, 3.05) is 17.7 Å². The van der Waals surface area contributed by atoms with E-state index in [9.17, 15) is 18.0 Å². The van der Waals surface area contributed by atoms with E-state index >= 15 is 0 Å². The van der Waals surface area contributed by atoms with Gasteiger partial charge in [0.25, 0.3) is 5.91 Å². The van der Waals surface area contributed by atoms with Crippen LogP contribution in [0.25, 0.3) is 10.8 Å². The fourth-order valence-electron chi connectivity index (χ4n) is 4.62. The summed E-state index contributed by atoms with van der Waals surface area (Å²) >= 11 is 0. The maximum absolute atomic E-state index is 13.1. The fraction of sp³-hybridized carbons (Fsp3) is 0.333. The molecular weight excluding hydrogens is 354 g/mol. The molecule has 3 atom stereocenters. The quantitative estimate of drug-likeness (QED) is 0.748. The molecule has 3 heterocycles. The van der Waals surface area contributed by atoms with Gasteiger partial charge in [-0.1, -0.05) is 36.4 Å². The number of sulfonamides is 1. The zero-order chi connectivity index (χ0) is 18.2. The number of hydrogen-bond donors (Lipinski definition) is 0. The summed E-state index contributed by atoms with van der Waals surface area (Å²) in [5.74, 6) is -0.341. The Kier molecular flexibility index (Phi) is 3.06. The van der Waals surface area contributed by atoms with Gasteiger partial charge < -0.3 is 4.90 Å². The number of nitrogens with zero attached hydrogens (tertiary/aromatic N) is 3. The van der Waals surface area contributed by atoms with E-state index in [1.54, 1.807) is 11.0 Å². The van der Waals surface area contributed by atoms with E-state index in [2.05, 4.69) is 0 Å². The molecule has 0 spiro atoms. The van der Waals surface area contributed by atoms with E-state index in [-0.39, 0.29) is 24.5 Å². The molecule has 3 aliphatic heterocycles. The Labute approximate surface area is 150 Å². The van der Waals surface area contributed by atoms with Gasteiger partial charge in [0.15, 0.2) is 0 Å². The lowest BCUT2D eigenvalue weighted by atomic mass is 10.1. The van der Waals surface area contributed by atoms with E-state index in [0.29, 0.717) is 12.1 Å². The number of amides is 3. The summed E-state index contributed by atoms with van der Waals surface area (Å²) in [5, 5.41) is 1.77. The molecule has 0 aliphatic carbocycles. The highest BCUT2D eigenvalue weighted by Gasteiger charge is 2.63. The van der Waals surface area contributed by atoms with Gasteiger partial charge in [0.2, 0.25) is 10.0 Å². The van der Waals surface area contributed by atoms with Gasteiger partial charge in [-0.15, -0.1) is 0 Å². The van der Waals surface area contributed by atoms with Crippen molar-refractivity contribution in [3.63, 3.8) is 0 Å². The van der Waals surface area contributed by atoms with Gasteiger partial charge in [-0.3, -0.25) is 4.79 Å². The van der Waals surface area contributed by atoms with Gasteiger partial charge in [0, 0.05) is 18.0 Å². The molecule has 0 N–H and O–H groups in total. The fourth-order valence-corrected chi connectivity index (χ4v) is 5.76. The summed E-state index contributed by atoms with van der Waals surface area (Å²) in [4.78, 5) is 29.0. The summed E-state index contributed by atoms with van der Waals surface area (Å²) in [6.07, 6.45) is 1.68. The number of fused-ring (bicyclic) bond motifs is 6. The van der Waals surface area contributed by atoms with Gasteiger partial charge >= 0.3 is 6.03 Å². The van der Waals surface area contributed by atoms with Crippen molar-refractivity contribution >= 4 is 38.4 Å². The molecule has 2 aromatic carbocycles. The predicted octanol–water partition coefficient (Wildman–Crippen LogP) is 1.39. The molecule has 2 bridgehead atoms. The first-order valence-electron chi connectivity index (χ1n) is 8.49. The summed E-state index contributed by atoms with van der Waals surface area (Å²) < 4.78 is 25.4. The number of piperazine rings is 1. The predicted molar refractivity (Wildman–Crippen MR) is 96.2 cm³/mol. The van der Waals surface area contributed by atoms with Gasteiger partial charge in [0.05, 0.1) is 18.0 Å². The minimum absolute atomic E-state index is 0.240. The summed E-state index contributed by atoms with van der Waals surface area (Å²) in [6, 6.07) is 11.3. The molecule has 26 heavy (non-hydrogen) atoms. The lowest BCUT2D eigenvalue weighted by Crippen LogP contribution is -2.54. The van der Waals surface area contributed by atoms with Gasteiger partial charge in [-0.05, 0) is 17.9 Å². The molecule has 1 unspecified atom stereocenters. The van der Waals surface area contributed by atoms with Crippen LogP contribution in [-0.2, 0) is 14.8 Å². The maximum Gasteiger partial charge on any atom is 0.332 e.